The topological polar surface area (TPSA) is 91.3 Å². The molecule has 7 rings (SSSR count). The standard InChI is InChI=1S/C35H54O7/c1-20(36)40-30(32(4,5)38)23-12-10-22-29(41-23)28(37)27-21-11-13-24-31(2,3)25(42-26-9-7-8-18-39-26)14-15-35(24)19-34(21,35)17-16-33(22,27)6/h21-27,29-30,38H,7-19H2,1-6H3/t21?,22?,23?,24?,25-,26?,27?,29?,30-,33+,34?,35+/m0/s1. The maximum absolute atomic E-state index is 14.5. The van der Waals surface area contributed by atoms with E-state index in [0.717, 1.165) is 45.1 Å². The number of ketones is 1. The van der Waals surface area contributed by atoms with Gasteiger partial charge in [-0.3, -0.25) is 9.59 Å². The van der Waals surface area contributed by atoms with Crippen LogP contribution in [0.3, 0.4) is 0 Å². The lowest BCUT2D eigenvalue weighted by Gasteiger charge is -2.59. The summed E-state index contributed by atoms with van der Waals surface area (Å²) in [5, 5.41) is 10.8. The molecule has 0 bridgehead atoms. The zero-order valence-corrected chi connectivity index (χ0v) is 26.8. The van der Waals surface area contributed by atoms with Crippen LogP contribution in [0.1, 0.15) is 119 Å². The van der Waals surface area contributed by atoms with Gasteiger partial charge in [0.25, 0.3) is 0 Å². The van der Waals surface area contributed by atoms with Crippen LogP contribution in [-0.4, -0.2) is 59.8 Å². The lowest BCUT2D eigenvalue weighted by atomic mass is 9.46. The first-order chi connectivity index (χ1) is 19.7. The van der Waals surface area contributed by atoms with Gasteiger partial charge in [0.2, 0.25) is 0 Å². The van der Waals surface area contributed by atoms with Crippen molar-refractivity contribution in [3.8, 4) is 0 Å². The summed E-state index contributed by atoms with van der Waals surface area (Å²) in [6.45, 7) is 12.8. The number of carbonyl (C=O) groups is 2. The van der Waals surface area contributed by atoms with E-state index in [-0.39, 0.29) is 40.5 Å². The Balaban J connectivity index is 1.11. The molecule has 8 unspecified atom stereocenters. The Kier molecular flexibility index (Phi) is 6.88. The molecule has 7 nitrogen and oxygen atoms in total. The van der Waals surface area contributed by atoms with Crippen LogP contribution in [0, 0.1) is 45.3 Å². The van der Waals surface area contributed by atoms with Crippen molar-refractivity contribution in [2.75, 3.05) is 6.61 Å². The molecule has 0 aromatic carbocycles. The molecule has 0 aromatic heterocycles. The van der Waals surface area contributed by atoms with Gasteiger partial charge < -0.3 is 24.1 Å². The van der Waals surface area contributed by atoms with Crippen LogP contribution < -0.4 is 0 Å². The molecule has 2 spiro atoms. The summed E-state index contributed by atoms with van der Waals surface area (Å²) < 4.78 is 24.9. The van der Waals surface area contributed by atoms with Gasteiger partial charge in [0.15, 0.2) is 18.2 Å². The van der Waals surface area contributed by atoms with E-state index in [1.807, 2.05) is 0 Å². The van der Waals surface area contributed by atoms with E-state index in [4.69, 9.17) is 18.9 Å². The molecule has 12 atom stereocenters. The molecule has 7 fully saturated rings. The molecule has 2 heterocycles. The second kappa shape index (κ2) is 9.74. The predicted octanol–water partition coefficient (Wildman–Crippen LogP) is 5.99. The van der Waals surface area contributed by atoms with Gasteiger partial charge in [-0.25, -0.2) is 0 Å². The van der Waals surface area contributed by atoms with Crippen LogP contribution in [-0.2, 0) is 28.5 Å². The number of carbonyl (C=O) groups excluding carboxylic acids is 2. The Morgan fingerprint density at radius 3 is 2.43 bits per heavy atom. The Hall–Kier alpha value is -1.02. The molecule has 5 saturated carbocycles. The monoisotopic (exact) mass is 586 g/mol. The van der Waals surface area contributed by atoms with Crippen LogP contribution in [0.25, 0.3) is 0 Å². The molecule has 2 aliphatic heterocycles. The number of hydrogen-bond acceptors (Lipinski definition) is 7. The summed E-state index contributed by atoms with van der Waals surface area (Å²) in [5.41, 5.74) is -0.574. The molecular formula is C35H54O7. The highest BCUT2D eigenvalue weighted by molar-refractivity contribution is 5.90. The zero-order chi connectivity index (χ0) is 29.9. The summed E-state index contributed by atoms with van der Waals surface area (Å²) in [7, 11) is 0. The number of aliphatic hydroxyl groups is 1. The van der Waals surface area contributed by atoms with Gasteiger partial charge in [-0.05, 0) is 130 Å². The van der Waals surface area contributed by atoms with Crippen molar-refractivity contribution in [2.24, 2.45) is 45.3 Å². The van der Waals surface area contributed by atoms with E-state index in [2.05, 4.69) is 20.8 Å². The van der Waals surface area contributed by atoms with Gasteiger partial charge in [-0.1, -0.05) is 20.8 Å². The first-order valence-corrected chi connectivity index (χ1v) is 17.1. The van der Waals surface area contributed by atoms with E-state index < -0.39 is 29.9 Å². The third-order valence-electron chi connectivity index (χ3n) is 14.1. The van der Waals surface area contributed by atoms with Crippen LogP contribution in [0.5, 0.6) is 0 Å². The summed E-state index contributed by atoms with van der Waals surface area (Å²) in [5.74, 6) is 1.16. The smallest absolute Gasteiger partial charge is 0.303 e. The molecule has 0 radical (unpaired) electrons. The van der Waals surface area contributed by atoms with Gasteiger partial charge in [0.05, 0.1) is 17.8 Å². The third kappa shape index (κ3) is 4.11. The summed E-state index contributed by atoms with van der Waals surface area (Å²) in [6.07, 6.45) is 11.6. The van der Waals surface area contributed by atoms with Crippen molar-refractivity contribution in [2.45, 2.75) is 155 Å². The minimum atomic E-state index is -1.25. The highest BCUT2D eigenvalue weighted by Crippen LogP contribution is 2.87. The van der Waals surface area contributed by atoms with Crippen LogP contribution in [0.4, 0.5) is 0 Å². The summed E-state index contributed by atoms with van der Waals surface area (Å²) in [4.78, 5) is 26.4. The number of fused-ring (bicyclic) bond motifs is 4. The predicted molar refractivity (Wildman–Crippen MR) is 156 cm³/mol. The zero-order valence-electron chi connectivity index (χ0n) is 26.8. The highest BCUT2D eigenvalue weighted by Gasteiger charge is 2.82. The molecule has 42 heavy (non-hydrogen) atoms. The maximum atomic E-state index is 14.5. The van der Waals surface area contributed by atoms with E-state index >= 15 is 0 Å². The van der Waals surface area contributed by atoms with Crippen LogP contribution >= 0.6 is 0 Å². The number of ether oxygens (including phenoxy) is 4. The number of Topliss-reactive ketones (excluding diaryl/α,β-unsaturated/α-hetero) is 1. The maximum Gasteiger partial charge on any atom is 0.303 e. The third-order valence-corrected chi connectivity index (χ3v) is 14.1. The molecule has 0 amide bonds. The van der Waals surface area contributed by atoms with Gasteiger partial charge >= 0.3 is 5.97 Å². The van der Waals surface area contributed by atoms with Crippen molar-refractivity contribution in [3.05, 3.63) is 0 Å². The van der Waals surface area contributed by atoms with Crippen molar-refractivity contribution < 1.29 is 33.6 Å². The van der Waals surface area contributed by atoms with Crippen LogP contribution in [0.2, 0.25) is 0 Å². The first-order valence-electron chi connectivity index (χ1n) is 17.1. The van der Waals surface area contributed by atoms with E-state index in [1.54, 1.807) is 13.8 Å². The Bertz CT molecular complexity index is 1110. The number of rotatable bonds is 5. The van der Waals surface area contributed by atoms with E-state index in [9.17, 15) is 14.7 Å². The molecule has 0 aromatic rings. The number of hydrogen-bond donors (Lipinski definition) is 1. The van der Waals surface area contributed by atoms with Gasteiger partial charge in [0.1, 0.15) is 6.10 Å². The second-order valence-corrected chi connectivity index (χ2v) is 16.9. The van der Waals surface area contributed by atoms with Crippen molar-refractivity contribution in [1.82, 2.24) is 0 Å². The highest BCUT2D eigenvalue weighted by atomic mass is 16.7. The Morgan fingerprint density at radius 1 is 0.976 bits per heavy atom. The fourth-order valence-corrected chi connectivity index (χ4v) is 12.3. The lowest BCUT2D eigenvalue weighted by molar-refractivity contribution is -0.237. The Labute approximate surface area is 252 Å². The minimum absolute atomic E-state index is 0.0426. The SMILES string of the molecule is CC(=O)O[C@@H](C1CCC2C(O1)C(=O)C1C3CCC4C(C)(C)[C@@H](OC5CCCCO5)CC[C@@]45CC35CC[C@]21C)C(C)(C)O. The summed E-state index contributed by atoms with van der Waals surface area (Å²) >= 11 is 0. The first kappa shape index (κ1) is 29.7. The van der Waals surface area contributed by atoms with Crippen molar-refractivity contribution in [1.29, 1.82) is 0 Å². The molecule has 7 heteroatoms. The van der Waals surface area contributed by atoms with Crippen molar-refractivity contribution >= 4 is 11.8 Å². The lowest BCUT2D eigenvalue weighted by Crippen LogP contribution is -2.56. The molecular weight excluding hydrogens is 532 g/mol. The molecule has 2 saturated heterocycles. The average Bonchev–Trinajstić information content (AvgIpc) is 3.54. The van der Waals surface area contributed by atoms with Crippen molar-refractivity contribution in [3.63, 3.8) is 0 Å². The fraction of sp³-hybridized carbons (Fsp3) is 0.943. The molecule has 5 aliphatic carbocycles. The summed E-state index contributed by atoms with van der Waals surface area (Å²) in [6, 6.07) is 0. The van der Waals surface area contributed by atoms with Gasteiger partial charge in [0, 0.05) is 19.4 Å². The van der Waals surface area contributed by atoms with E-state index in [0.29, 0.717) is 29.5 Å². The number of esters is 1. The largest absolute Gasteiger partial charge is 0.457 e. The quantitative estimate of drug-likeness (QED) is 0.313. The Morgan fingerprint density at radius 2 is 1.74 bits per heavy atom. The normalized spacial score (nSPS) is 49.9. The van der Waals surface area contributed by atoms with Gasteiger partial charge in [-0.15, -0.1) is 0 Å². The van der Waals surface area contributed by atoms with Crippen LogP contribution in [0.15, 0.2) is 0 Å². The molecule has 1 N–H and O–H groups in total. The minimum Gasteiger partial charge on any atom is -0.457 e. The van der Waals surface area contributed by atoms with E-state index in [1.165, 1.54) is 39.0 Å². The molecule has 7 aliphatic rings. The second-order valence-electron chi connectivity index (χ2n) is 16.9. The fourth-order valence-electron chi connectivity index (χ4n) is 12.3. The van der Waals surface area contributed by atoms with Gasteiger partial charge in [-0.2, -0.15) is 0 Å². The molecule has 236 valence electrons. The average molecular weight is 587 g/mol.